The zero-order valence-corrected chi connectivity index (χ0v) is 16.3. The van der Waals surface area contributed by atoms with E-state index < -0.39 is 5.97 Å². The van der Waals surface area contributed by atoms with Gasteiger partial charge in [0.25, 0.3) is 0 Å². The molecule has 0 aromatic carbocycles. The molecule has 27 heavy (non-hydrogen) atoms. The molecular formula is C21H33N3O3. The first-order valence-corrected chi connectivity index (χ1v) is 10.5. The number of hydrogen-bond acceptors (Lipinski definition) is 5. The number of pyridine rings is 1. The number of unbranched alkanes of at least 4 members (excludes halogenated alkanes) is 1. The summed E-state index contributed by atoms with van der Waals surface area (Å²) < 4.78 is 5.87. The van der Waals surface area contributed by atoms with E-state index in [0.29, 0.717) is 13.0 Å². The third-order valence-corrected chi connectivity index (χ3v) is 5.46. The average Bonchev–Trinajstić information content (AvgIpc) is 2.69. The molecule has 0 radical (unpaired) electrons. The number of nitrogens with zero attached hydrogens (tertiary/aromatic N) is 2. The van der Waals surface area contributed by atoms with Gasteiger partial charge in [0, 0.05) is 31.8 Å². The molecule has 3 heterocycles. The zero-order valence-electron chi connectivity index (χ0n) is 16.3. The van der Waals surface area contributed by atoms with Crippen molar-refractivity contribution < 1.29 is 14.6 Å². The number of piperidine rings is 1. The molecule has 1 atom stereocenters. The third-order valence-electron chi connectivity index (χ3n) is 5.46. The lowest BCUT2D eigenvalue weighted by molar-refractivity contribution is -0.137. The Hall–Kier alpha value is -1.66. The van der Waals surface area contributed by atoms with Crippen molar-refractivity contribution in [1.29, 1.82) is 0 Å². The maximum Gasteiger partial charge on any atom is 0.303 e. The second kappa shape index (κ2) is 10.6. The lowest BCUT2D eigenvalue weighted by atomic mass is 10.1. The molecule has 3 rings (SSSR count). The van der Waals surface area contributed by atoms with Crippen molar-refractivity contribution in [3.8, 4) is 0 Å². The van der Waals surface area contributed by atoms with Crippen LogP contribution in [-0.2, 0) is 22.4 Å². The van der Waals surface area contributed by atoms with E-state index in [0.717, 1.165) is 57.7 Å². The number of aryl methyl sites for hydroxylation is 2. The van der Waals surface area contributed by atoms with Crippen molar-refractivity contribution in [3.63, 3.8) is 0 Å². The van der Waals surface area contributed by atoms with E-state index in [1.807, 2.05) is 0 Å². The molecule has 0 bridgehead atoms. The Morgan fingerprint density at radius 3 is 3.11 bits per heavy atom. The molecule has 1 fully saturated rings. The minimum absolute atomic E-state index is 0.197. The molecule has 2 aliphatic heterocycles. The largest absolute Gasteiger partial charge is 0.481 e. The zero-order chi connectivity index (χ0) is 18.9. The Kier molecular flexibility index (Phi) is 7.90. The lowest BCUT2D eigenvalue weighted by Crippen LogP contribution is -2.40. The Morgan fingerprint density at radius 1 is 1.30 bits per heavy atom. The molecule has 6 nitrogen and oxygen atoms in total. The SMILES string of the molecule is O=C(O)CCCOC1CCCN(CCCCc2ccc3c(n2)NCCC3)C1. The van der Waals surface area contributed by atoms with Crippen LogP contribution in [0.1, 0.15) is 56.2 Å². The molecule has 6 heteroatoms. The molecule has 0 aliphatic carbocycles. The lowest BCUT2D eigenvalue weighted by Gasteiger charge is -2.32. The van der Waals surface area contributed by atoms with Crippen molar-refractivity contribution in [2.75, 3.05) is 38.1 Å². The number of carbonyl (C=O) groups is 1. The van der Waals surface area contributed by atoms with E-state index in [1.165, 1.54) is 30.5 Å². The summed E-state index contributed by atoms with van der Waals surface area (Å²) in [5.41, 5.74) is 2.55. The van der Waals surface area contributed by atoms with Gasteiger partial charge < -0.3 is 20.1 Å². The molecule has 2 aliphatic rings. The van der Waals surface area contributed by atoms with Crippen LogP contribution in [0.25, 0.3) is 0 Å². The number of fused-ring (bicyclic) bond motifs is 1. The van der Waals surface area contributed by atoms with Crippen LogP contribution in [0.5, 0.6) is 0 Å². The van der Waals surface area contributed by atoms with Gasteiger partial charge in [0.2, 0.25) is 0 Å². The maximum absolute atomic E-state index is 10.6. The molecule has 2 N–H and O–H groups in total. The number of carboxylic acids is 1. The Labute approximate surface area is 162 Å². The fourth-order valence-electron chi connectivity index (χ4n) is 3.98. The molecule has 1 aromatic heterocycles. The average molecular weight is 376 g/mol. The summed E-state index contributed by atoms with van der Waals surface area (Å²) in [6.07, 6.45) is 9.05. The van der Waals surface area contributed by atoms with Crippen LogP contribution >= 0.6 is 0 Å². The highest BCUT2D eigenvalue weighted by atomic mass is 16.5. The fraction of sp³-hybridized carbons (Fsp3) is 0.714. The minimum Gasteiger partial charge on any atom is -0.481 e. The number of likely N-dealkylation sites (tertiary alicyclic amines) is 1. The monoisotopic (exact) mass is 375 g/mol. The van der Waals surface area contributed by atoms with Crippen LogP contribution in [0, 0.1) is 0 Å². The number of nitrogens with one attached hydrogen (secondary N) is 1. The summed E-state index contributed by atoms with van der Waals surface area (Å²) in [5.74, 6) is 0.353. The van der Waals surface area contributed by atoms with Crippen LogP contribution in [0.2, 0.25) is 0 Å². The molecule has 1 unspecified atom stereocenters. The topological polar surface area (TPSA) is 74.7 Å². The fourth-order valence-corrected chi connectivity index (χ4v) is 3.98. The van der Waals surface area contributed by atoms with E-state index in [1.54, 1.807) is 0 Å². The first kappa shape index (κ1) is 20.1. The van der Waals surface area contributed by atoms with Crippen molar-refractivity contribution in [3.05, 3.63) is 23.4 Å². The smallest absolute Gasteiger partial charge is 0.303 e. The standard InChI is InChI=1S/C21H33N3O3/c25-20(26)9-5-15-27-19-8-4-14-24(16-19)13-2-1-7-18-11-10-17-6-3-12-22-21(17)23-18/h10-11,19H,1-9,12-16H2,(H,22,23)(H,25,26). The van der Waals surface area contributed by atoms with E-state index in [9.17, 15) is 4.79 Å². The third kappa shape index (κ3) is 6.78. The molecule has 1 saturated heterocycles. The first-order chi connectivity index (χ1) is 13.2. The van der Waals surface area contributed by atoms with E-state index in [-0.39, 0.29) is 12.5 Å². The van der Waals surface area contributed by atoms with Crippen molar-refractivity contribution >= 4 is 11.8 Å². The number of hydrogen-bond donors (Lipinski definition) is 2. The predicted octanol–water partition coefficient (Wildman–Crippen LogP) is 3.11. The van der Waals surface area contributed by atoms with Crippen LogP contribution in [0.4, 0.5) is 5.82 Å². The molecule has 0 spiro atoms. The molecule has 1 aromatic rings. The molecular weight excluding hydrogens is 342 g/mol. The number of aromatic nitrogens is 1. The summed E-state index contributed by atoms with van der Waals surface area (Å²) in [6, 6.07) is 4.43. The van der Waals surface area contributed by atoms with Gasteiger partial charge in [0.15, 0.2) is 0 Å². The van der Waals surface area contributed by atoms with Crippen LogP contribution in [0.15, 0.2) is 12.1 Å². The Bertz CT molecular complexity index is 608. The Morgan fingerprint density at radius 2 is 2.22 bits per heavy atom. The normalized spacial score (nSPS) is 20.1. The van der Waals surface area contributed by atoms with E-state index >= 15 is 0 Å². The highest BCUT2D eigenvalue weighted by Gasteiger charge is 2.20. The molecule has 150 valence electrons. The van der Waals surface area contributed by atoms with Crippen LogP contribution in [0.3, 0.4) is 0 Å². The summed E-state index contributed by atoms with van der Waals surface area (Å²) in [6.45, 7) is 4.84. The van der Waals surface area contributed by atoms with Gasteiger partial charge >= 0.3 is 5.97 Å². The first-order valence-electron chi connectivity index (χ1n) is 10.5. The van der Waals surface area contributed by atoms with E-state index in [4.69, 9.17) is 14.8 Å². The van der Waals surface area contributed by atoms with Gasteiger partial charge in [-0.05, 0) is 76.1 Å². The number of aliphatic carboxylic acids is 1. The van der Waals surface area contributed by atoms with Gasteiger partial charge in [-0.1, -0.05) is 6.07 Å². The Balaban J connectivity index is 1.31. The summed E-state index contributed by atoms with van der Waals surface area (Å²) >= 11 is 0. The van der Waals surface area contributed by atoms with E-state index in [2.05, 4.69) is 22.3 Å². The summed E-state index contributed by atoms with van der Waals surface area (Å²) in [4.78, 5) is 17.8. The number of carboxylic acid groups (broad SMARTS) is 1. The van der Waals surface area contributed by atoms with Crippen molar-refractivity contribution in [1.82, 2.24) is 9.88 Å². The van der Waals surface area contributed by atoms with Gasteiger partial charge in [-0.15, -0.1) is 0 Å². The van der Waals surface area contributed by atoms with Gasteiger partial charge in [-0.25, -0.2) is 4.98 Å². The van der Waals surface area contributed by atoms with Crippen LogP contribution < -0.4 is 5.32 Å². The van der Waals surface area contributed by atoms with Gasteiger partial charge in [0.05, 0.1) is 6.10 Å². The quantitative estimate of drug-likeness (QED) is 0.612. The highest BCUT2D eigenvalue weighted by molar-refractivity contribution is 5.66. The molecule has 0 saturated carbocycles. The minimum atomic E-state index is -0.743. The maximum atomic E-state index is 10.6. The van der Waals surface area contributed by atoms with Crippen molar-refractivity contribution in [2.45, 2.75) is 63.9 Å². The van der Waals surface area contributed by atoms with Crippen LogP contribution in [-0.4, -0.2) is 59.8 Å². The summed E-state index contributed by atoms with van der Waals surface area (Å²) in [7, 11) is 0. The second-order valence-electron chi connectivity index (χ2n) is 7.73. The van der Waals surface area contributed by atoms with Gasteiger partial charge in [-0.2, -0.15) is 0 Å². The second-order valence-corrected chi connectivity index (χ2v) is 7.73. The molecule has 0 amide bonds. The van der Waals surface area contributed by atoms with Gasteiger partial charge in [0.1, 0.15) is 5.82 Å². The summed E-state index contributed by atoms with van der Waals surface area (Å²) in [5, 5.41) is 12.1. The number of rotatable bonds is 10. The number of ether oxygens (including phenoxy) is 1. The predicted molar refractivity (Wildman–Crippen MR) is 106 cm³/mol. The van der Waals surface area contributed by atoms with Gasteiger partial charge in [-0.3, -0.25) is 4.79 Å². The number of anilines is 1. The highest BCUT2D eigenvalue weighted by Crippen LogP contribution is 2.20. The van der Waals surface area contributed by atoms with Crippen molar-refractivity contribution in [2.24, 2.45) is 0 Å².